The molecule has 2 heterocycles. The fraction of sp³-hybridized carbons (Fsp3) is 1.00. The lowest BCUT2D eigenvalue weighted by atomic mass is 9.97. The van der Waals surface area contributed by atoms with E-state index in [-0.39, 0.29) is 0 Å². The molecular formula is C10H20N2. The molecule has 2 nitrogen and oxygen atoms in total. The van der Waals surface area contributed by atoms with Crippen molar-refractivity contribution in [3.05, 3.63) is 0 Å². The molecule has 1 atom stereocenters. The topological polar surface area (TPSA) is 6.48 Å². The van der Waals surface area contributed by atoms with E-state index in [1.807, 2.05) is 0 Å². The zero-order chi connectivity index (χ0) is 8.55. The lowest BCUT2D eigenvalue weighted by molar-refractivity contribution is 0.0269. The average molecular weight is 168 g/mol. The van der Waals surface area contributed by atoms with Gasteiger partial charge in [-0.2, -0.15) is 0 Å². The first-order chi connectivity index (χ1) is 5.75. The van der Waals surface area contributed by atoms with Gasteiger partial charge in [0, 0.05) is 25.7 Å². The molecule has 0 saturated carbocycles. The highest BCUT2D eigenvalue weighted by atomic mass is 15.3. The van der Waals surface area contributed by atoms with Gasteiger partial charge in [0.15, 0.2) is 0 Å². The molecule has 0 aromatic carbocycles. The molecule has 0 bridgehead atoms. The van der Waals surface area contributed by atoms with Gasteiger partial charge in [-0.15, -0.1) is 0 Å². The van der Waals surface area contributed by atoms with Crippen molar-refractivity contribution in [2.45, 2.75) is 25.8 Å². The van der Waals surface area contributed by atoms with Crippen LogP contribution in [0, 0.1) is 5.92 Å². The molecule has 0 aliphatic carbocycles. The van der Waals surface area contributed by atoms with Gasteiger partial charge in [0.2, 0.25) is 0 Å². The maximum atomic E-state index is 2.69. The fourth-order valence-corrected chi connectivity index (χ4v) is 2.45. The van der Waals surface area contributed by atoms with Crippen molar-refractivity contribution in [1.82, 2.24) is 9.80 Å². The van der Waals surface area contributed by atoms with Crippen molar-refractivity contribution in [3.8, 4) is 0 Å². The van der Waals surface area contributed by atoms with E-state index >= 15 is 0 Å². The van der Waals surface area contributed by atoms with Gasteiger partial charge in [-0.1, -0.05) is 6.92 Å². The minimum atomic E-state index is 0.887. The zero-order valence-electron chi connectivity index (χ0n) is 8.29. The maximum Gasteiger partial charge on any atom is 0.0350 e. The van der Waals surface area contributed by atoms with Crippen LogP contribution in [0.15, 0.2) is 0 Å². The molecule has 0 radical (unpaired) electrons. The molecule has 2 aliphatic rings. The number of rotatable bonds is 1. The summed E-state index contributed by atoms with van der Waals surface area (Å²) in [5, 5.41) is 0. The summed E-state index contributed by atoms with van der Waals surface area (Å²) < 4.78 is 0. The lowest BCUT2D eigenvalue weighted by Gasteiger charge is -2.46. The molecule has 2 aliphatic heterocycles. The Labute approximate surface area is 75.5 Å². The molecule has 1 unspecified atom stereocenters. The molecule has 0 aromatic rings. The van der Waals surface area contributed by atoms with E-state index in [4.69, 9.17) is 0 Å². The summed E-state index contributed by atoms with van der Waals surface area (Å²) in [6, 6.07) is 0.887. The molecule has 0 N–H and O–H groups in total. The van der Waals surface area contributed by atoms with E-state index in [1.54, 1.807) is 0 Å². The second-order valence-electron chi connectivity index (χ2n) is 4.62. The van der Waals surface area contributed by atoms with Crippen LogP contribution in [0.25, 0.3) is 0 Å². The summed E-state index contributed by atoms with van der Waals surface area (Å²) >= 11 is 0. The highest BCUT2D eigenvalue weighted by Crippen LogP contribution is 2.21. The molecule has 0 aromatic heterocycles. The van der Waals surface area contributed by atoms with Crippen molar-refractivity contribution in [1.29, 1.82) is 0 Å². The van der Waals surface area contributed by atoms with Gasteiger partial charge in [-0.05, 0) is 32.4 Å². The zero-order valence-corrected chi connectivity index (χ0v) is 8.29. The largest absolute Gasteiger partial charge is 0.303 e. The van der Waals surface area contributed by atoms with E-state index in [2.05, 4.69) is 23.8 Å². The van der Waals surface area contributed by atoms with Crippen LogP contribution in [-0.2, 0) is 0 Å². The van der Waals surface area contributed by atoms with Gasteiger partial charge in [-0.25, -0.2) is 0 Å². The van der Waals surface area contributed by atoms with Crippen LogP contribution in [-0.4, -0.2) is 49.1 Å². The quantitative estimate of drug-likeness (QED) is 0.577. The SMILES string of the molecule is CC1CCCN(C2CN(C)C2)C1. The van der Waals surface area contributed by atoms with E-state index in [9.17, 15) is 0 Å². The third-order valence-electron chi connectivity index (χ3n) is 3.25. The highest BCUT2D eigenvalue weighted by Gasteiger charge is 2.31. The molecule has 0 spiro atoms. The molecule has 0 amide bonds. The van der Waals surface area contributed by atoms with Crippen LogP contribution in [0.3, 0.4) is 0 Å². The Kier molecular flexibility index (Phi) is 2.37. The molecule has 12 heavy (non-hydrogen) atoms. The Morgan fingerprint density at radius 1 is 1.17 bits per heavy atom. The second-order valence-corrected chi connectivity index (χ2v) is 4.62. The van der Waals surface area contributed by atoms with Crippen LogP contribution in [0.2, 0.25) is 0 Å². The third kappa shape index (κ3) is 1.64. The summed E-state index contributed by atoms with van der Waals surface area (Å²) in [7, 11) is 2.21. The number of hydrogen-bond donors (Lipinski definition) is 0. The molecule has 2 heteroatoms. The van der Waals surface area contributed by atoms with Crippen molar-refractivity contribution in [2.75, 3.05) is 33.2 Å². The lowest BCUT2D eigenvalue weighted by Crippen LogP contribution is -2.59. The molecule has 2 rings (SSSR count). The van der Waals surface area contributed by atoms with Gasteiger partial charge in [-0.3, -0.25) is 4.90 Å². The Bertz CT molecular complexity index is 152. The first-order valence-electron chi connectivity index (χ1n) is 5.18. The predicted octanol–water partition coefficient (Wildman–Crippen LogP) is 1.03. The third-order valence-corrected chi connectivity index (χ3v) is 3.25. The molecule has 2 saturated heterocycles. The van der Waals surface area contributed by atoms with Gasteiger partial charge >= 0.3 is 0 Å². The van der Waals surface area contributed by atoms with Gasteiger partial charge in [0.25, 0.3) is 0 Å². The van der Waals surface area contributed by atoms with Crippen LogP contribution in [0.1, 0.15) is 19.8 Å². The average Bonchev–Trinajstić information content (AvgIpc) is 1.99. The Balaban J connectivity index is 1.80. The predicted molar refractivity (Wildman–Crippen MR) is 51.3 cm³/mol. The number of nitrogens with zero attached hydrogens (tertiary/aromatic N) is 2. The summed E-state index contributed by atoms with van der Waals surface area (Å²) in [6.07, 6.45) is 2.86. The summed E-state index contributed by atoms with van der Waals surface area (Å²) in [5.74, 6) is 0.935. The molecule has 70 valence electrons. The van der Waals surface area contributed by atoms with Crippen molar-refractivity contribution in [2.24, 2.45) is 5.92 Å². The fourth-order valence-electron chi connectivity index (χ4n) is 2.45. The first kappa shape index (κ1) is 8.52. The van der Waals surface area contributed by atoms with E-state index in [0.29, 0.717) is 0 Å². The number of likely N-dealkylation sites (tertiary alicyclic amines) is 2. The van der Waals surface area contributed by atoms with Crippen LogP contribution < -0.4 is 0 Å². The Morgan fingerprint density at radius 2 is 1.92 bits per heavy atom. The minimum absolute atomic E-state index is 0.887. The summed E-state index contributed by atoms with van der Waals surface area (Å²) in [4.78, 5) is 5.10. The van der Waals surface area contributed by atoms with Gasteiger partial charge < -0.3 is 4.90 Å². The van der Waals surface area contributed by atoms with Crippen LogP contribution in [0.4, 0.5) is 0 Å². The summed E-state index contributed by atoms with van der Waals surface area (Å²) in [6.45, 7) is 7.68. The molecule has 2 fully saturated rings. The standard InChI is InChI=1S/C10H20N2/c1-9-4-3-5-12(6-9)10-7-11(2)8-10/h9-10H,3-8H2,1-2H3. The smallest absolute Gasteiger partial charge is 0.0350 e. The van der Waals surface area contributed by atoms with E-state index in [0.717, 1.165) is 12.0 Å². The molecular weight excluding hydrogens is 148 g/mol. The van der Waals surface area contributed by atoms with Gasteiger partial charge in [0.1, 0.15) is 0 Å². The Hall–Kier alpha value is -0.0800. The highest BCUT2D eigenvalue weighted by molar-refractivity contribution is 4.88. The summed E-state index contributed by atoms with van der Waals surface area (Å²) in [5.41, 5.74) is 0. The normalized spacial score (nSPS) is 35.0. The minimum Gasteiger partial charge on any atom is -0.303 e. The van der Waals surface area contributed by atoms with Crippen molar-refractivity contribution in [3.63, 3.8) is 0 Å². The van der Waals surface area contributed by atoms with Crippen LogP contribution in [0.5, 0.6) is 0 Å². The number of piperidine rings is 1. The van der Waals surface area contributed by atoms with Crippen molar-refractivity contribution >= 4 is 0 Å². The van der Waals surface area contributed by atoms with Crippen LogP contribution >= 0.6 is 0 Å². The Morgan fingerprint density at radius 3 is 2.50 bits per heavy atom. The maximum absolute atomic E-state index is 2.69. The van der Waals surface area contributed by atoms with E-state index < -0.39 is 0 Å². The van der Waals surface area contributed by atoms with Gasteiger partial charge in [0.05, 0.1) is 0 Å². The monoisotopic (exact) mass is 168 g/mol. The second kappa shape index (κ2) is 3.35. The first-order valence-corrected chi connectivity index (χ1v) is 5.18. The number of likely N-dealkylation sites (N-methyl/N-ethyl adjacent to an activating group) is 1. The van der Waals surface area contributed by atoms with Crippen molar-refractivity contribution < 1.29 is 0 Å². The number of hydrogen-bond acceptors (Lipinski definition) is 2. The van der Waals surface area contributed by atoms with E-state index in [1.165, 1.54) is 39.0 Å².